The lowest BCUT2D eigenvalue weighted by Crippen LogP contribution is -1.94. The van der Waals surface area contributed by atoms with Crippen molar-refractivity contribution >= 4 is 5.69 Å². The number of nitrogens with zero attached hydrogens (tertiary/aromatic N) is 1. The monoisotopic (exact) mass is 234 g/mol. The number of benzene rings is 1. The minimum absolute atomic E-state index is 0.0796. The zero-order valence-electron chi connectivity index (χ0n) is 9.18. The number of rotatable bonds is 3. The molecule has 0 bridgehead atoms. The second-order valence-electron chi connectivity index (χ2n) is 3.30. The molecular weight excluding hydrogens is 223 g/mol. The molecule has 2 rings (SSSR count). The van der Waals surface area contributed by atoms with Gasteiger partial charge in [0.25, 0.3) is 0 Å². The maximum absolute atomic E-state index is 13.2. The number of anilines is 1. The first kappa shape index (κ1) is 11.2. The molecular formula is C12H11FN2O2. The van der Waals surface area contributed by atoms with Crippen LogP contribution in [0.15, 0.2) is 36.4 Å². The van der Waals surface area contributed by atoms with Crippen LogP contribution in [0.3, 0.4) is 0 Å². The maximum Gasteiger partial charge on any atom is 0.222 e. The molecule has 0 aliphatic rings. The van der Waals surface area contributed by atoms with Crippen LogP contribution >= 0.6 is 0 Å². The summed E-state index contributed by atoms with van der Waals surface area (Å²) < 4.78 is 23.5. The van der Waals surface area contributed by atoms with E-state index in [0.29, 0.717) is 17.5 Å². The summed E-state index contributed by atoms with van der Waals surface area (Å²) >= 11 is 0. The minimum atomic E-state index is -0.523. The van der Waals surface area contributed by atoms with Gasteiger partial charge in [0.15, 0.2) is 0 Å². The van der Waals surface area contributed by atoms with Crippen LogP contribution in [-0.2, 0) is 0 Å². The Morgan fingerprint density at radius 2 is 1.94 bits per heavy atom. The molecule has 0 spiro atoms. The van der Waals surface area contributed by atoms with Crippen molar-refractivity contribution in [3.63, 3.8) is 0 Å². The molecule has 4 nitrogen and oxygen atoms in total. The van der Waals surface area contributed by atoms with Crippen LogP contribution in [0.4, 0.5) is 10.1 Å². The van der Waals surface area contributed by atoms with Gasteiger partial charge in [0, 0.05) is 18.2 Å². The lowest BCUT2D eigenvalue weighted by molar-refractivity contribution is 0.383. The largest absolute Gasteiger partial charge is 0.481 e. The first-order valence-corrected chi connectivity index (χ1v) is 4.93. The maximum atomic E-state index is 13.2. The Morgan fingerprint density at radius 3 is 2.65 bits per heavy atom. The van der Waals surface area contributed by atoms with Crippen LogP contribution in [0.1, 0.15) is 0 Å². The van der Waals surface area contributed by atoms with Crippen LogP contribution in [0, 0.1) is 5.82 Å². The van der Waals surface area contributed by atoms with Crippen molar-refractivity contribution in [1.82, 2.24) is 4.98 Å². The van der Waals surface area contributed by atoms with Crippen LogP contribution in [0.2, 0.25) is 0 Å². The Hall–Kier alpha value is -2.30. The van der Waals surface area contributed by atoms with Crippen molar-refractivity contribution in [2.24, 2.45) is 0 Å². The van der Waals surface area contributed by atoms with Crippen molar-refractivity contribution in [3.8, 4) is 17.5 Å². The summed E-state index contributed by atoms with van der Waals surface area (Å²) in [6, 6.07) is 9.28. The number of aromatic nitrogens is 1. The molecule has 17 heavy (non-hydrogen) atoms. The highest BCUT2D eigenvalue weighted by molar-refractivity contribution is 5.44. The summed E-state index contributed by atoms with van der Waals surface area (Å²) in [5.74, 6) is 0.565. The first-order valence-electron chi connectivity index (χ1n) is 4.93. The van der Waals surface area contributed by atoms with E-state index >= 15 is 0 Å². The van der Waals surface area contributed by atoms with Gasteiger partial charge in [0.2, 0.25) is 11.8 Å². The van der Waals surface area contributed by atoms with E-state index < -0.39 is 5.82 Å². The third-order valence-corrected chi connectivity index (χ3v) is 2.10. The fraction of sp³-hybridized carbons (Fsp3) is 0.0833. The molecule has 0 unspecified atom stereocenters. The van der Waals surface area contributed by atoms with E-state index in [1.165, 1.54) is 19.2 Å². The van der Waals surface area contributed by atoms with Gasteiger partial charge in [-0.15, -0.1) is 0 Å². The average Bonchev–Trinajstić information content (AvgIpc) is 2.34. The van der Waals surface area contributed by atoms with Gasteiger partial charge in [0.05, 0.1) is 12.8 Å². The first-order chi connectivity index (χ1) is 8.19. The second kappa shape index (κ2) is 4.69. The molecule has 2 aromatic rings. The molecule has 5 heteroatoms. The normalized spacial score (nSPS) is 10.0. The van der Waals surface area contributed by atoms with Gasteiger partial charge < -0.3 is 15.2 Å². The summed E-state index contributed by atoms with van der Waals surface area (Å²) in [6.07, 6.45) is 0. The molecule has 1 aromatic heterocycles. The van der Waals surface area contributed by atoms with E-state index in [1.807, 2.05) is 0 Å². The van der Waals surface area contributed by atoms with Gasteiger partial charge in [-0.1, -0.05) is 6.07 Å². The Bertz CT molecular complexity index is 532. The molecule has 0 aliphatic carbocycles. The Kier molecular flexibility index (Phi) is 3.09. The fourth-order valence-corrected chi connectivity index (χ4v) is 1.26. The lowest BCUT2D eigenvalue weighted by atomic mass is 10.3. The molecule has 1 heterocycles. The number of ether oxygens (including phenoxy) is 2. The van der Waals surface area contributed by atoms with Gasteiger partial charge >= 0.3 is 0 Å². The number of pyridine rings is 1. The van der Waals surface area contributed by atoms with Gasteiger partial charge in [-0.3, -0.25) is 0 Å². The molecule has 1 aromatic carbocycles. The molecule has 0 saturated heterocycles. The van der Waals surface area contributed by atoms with Crippen LogP contribution < -0.4 is 15.2 Å². The Morgan fingerprint density at radius 1 is 1.18 bits per heavy atom. The number of halogens is 1. The van der Waals surface area contributed by atoms with E-state index in [-0.39, 0.29) is 5.69 Å². The third kappa shape index (κ3) is 2.63. The molecule has 88 valence electrons. The van der Waals surface area contributed by atoms with Crippen LogP contribution in [0.5, 0.6) is 17.5 Å². The summed E-state index contributed by atoms with van der Waals surface area (Å²) in [7, 11) is 1.51. The summed E-state index contributed by atoms with van der Waals surface area (Å²) in [4.78, 5) is 4.04. The highest BCUT2D eigenvalue weighted by atomic mass is 19.1. The van der Waals surface area contributed by atoms with E-state index in [4.69, 9.17) is 15.2 Å². The summed E-state index contributed by atoms with van der Waals surface area (Å²) in [5.41, 5.74) is 5.44. The molecule has 0 saturated carbocycles. The molecule has 0 amide bonds. The summed E-state index contributed by atoms with van der Waals surface area (Å²) in [6.45, 7) is 0. The highest BCUT2D eigenvalue weighted by Gasteiger charge is 2.04. The number of hydrogen-bond donors (Lipinski definition) is 1. The van der Waals surface area contributed by atoms with Crippen LogP contribution in [0.25, 0.3) is 0 Å². The van der Waals surface area contributed by atoms with Crippen molar-refractivity contribution < 1.29 is 13.9 Å². The van der Waals surface area contributed by atoms with Gasteiger partial charge in [-0.2, -0.15) is 4.98 Å². The minimum Gasteiger partial charge on any atom is -0.481 e. The predicted octanol–water partition coefficient (Wildman–Crippen LogP) is 2.60. The molecule has 0 fully saturated rings. The van der Waals surface area contributed by atoms with E-state index in [1.54, 1.807) is 24.3 Å². The quantitative estimate of drug-likeness (QED) is 0.829. The molecule has 0 atom stereocenters. The standard InChI is InChI=1S/C12H11FN2O2/c1-16-11-3-2-4-12(15-11)17-8-5-6-10(14)9(13)7-8/h2-7H,14H2,1H3. The van der Waals surface area contributed by atoms with Crippen molar-refractivity contribution in [2.45, 2.75) is 0 Å². The van der Waals surface area contributed by atoms with Gasteiger partial charge in [0.1, 0.15) is 11.6 Å². The van der Waals surface area contributed by atoms with Crippen molar-refractivity contribution in [1.29, 1.82) is 0 Å². The fourth-order valence-electron chi connectivity index (χ4n) is 1.26. The molecule has 2 N–H and O–H groups in total. The smallest absolute Gasteiger partial charge is 0.222 e. The molecule has 0 aliphatic heterocycles. The Labute approximate surface area is 97.8 Å². The van der Waals surface area contributed by atoms with Crippen molar-refractivity contribution in [2.75, 3.05) is 12.8 Å². The second-order valence-corrected chi connectivity index (χ2v) is 3.30. The zero-order chi connectivity index (χ0) is 12.3. The number of nitrogen functional groups attached to an aromatic ring is 1. The average molecular weight is 234 g/mol. The zero-order valence-corrected chi connectivity index (χ0v) is 9.18. The SMILES string of the molecule is COc1cccc(Oc2ccc(N)c(F)c2)n1. The van der Waals surface area contributed by atoms with E-state index in [9.17, 15) is 4.39 Å². The highest BCUT2D eigenvalue weighted by Crippen LogP contribution is 2.24. The van der Waals surface area contributed by atoms with E-state index in [0.717, 1.165) is 0 Å². The molecule has 0 radical (unpaired) electrons. The van der Waals surface area contributed by atoms with E-state index in [2.05, 4.69) is 4.98 Å². The third-order valence-electron chi connectivity index (χ3n) is 2.10. The number of nitrogens with two attached hydrogens (primary N) is 1. The Balaban J connectivity index is 2.22. The topological polar surface area (TPSA) is 57.4 Å². The lowest BCUT2D eigenvalue weighted by Gasteiger charge is -2.06. The van der Waals surface area contributed by atoms with Crippen molar-refractivity contribution in [3.05, 3.63) is 42.2 Å². The summed E-state index contributed by atoms with van der Waals surface area (Å²) in [5, 5.41) is 0. The van der Waals surface area contributed by atoms with Gasteiger partial charge in [-0.05, 0) is 12.1 Å². The number of hydrogen-bond acceptors (Lipinski definition) is 4. The van der Waals surface area contributed by atoms with Crippen LogP contribution in [-0.4, -0.2) is 12.1 Å². The number of methoxy groups -OCH3 is 1. The van der Waals surface area contributed by atoms with Gasteiger partial charge in [-0.25, -0.2) is 4.39 Å². The predicted molar refractivity (Wildman–Crippen MR) is 61.7 cm³/mol.